The van der Waals surface area contributed by atoms with Gasteiger partial charge in [-0.2, -0.15) is 0 Å². The Morgan fingerprint density at radius 1 is 1.35 bits per heavy atom. The van der Waals surface area contributed by atoms with E-state index in [9.17, 15) is 4.79 Å². The summed E-state index contributed by atoms with van der Waals surface area (Å²) < 4.78 is 5.68. The predicted molar refractivity (Wildman–Crippen MR) is 78.2 cm³/mol. The van der Waals surface area contributed by atoms with Crippen LogP contribution in [0.25, 0.3) is 0 Å². The van der Waals surface area contributed by atoms with Crippen molar-refractivity contribution >= 4 is 5.91 Å². The van der Waals surface area contributed by atoms with Gasteiger partial charge in [0, 0.05) is 13.1 Å². The van der Waals surface area contributed by atoms with Gasteiger partial charge in [0.1, 0.15) is 5.75 Å². The number of ether oxygens (including phenoxy) is 1. The number of likely N-dealkylation sites (tertiary alicyclic amines) is 1. The lowest BCUT2D eigenvalue weighted by molar-refractivity contribution is -0.122. The molecule has 0 radical (unpaired) electrons. The largest absolute Gasteiger partial charge is 0.494 e. The van der Waals surface area contributed by atoms with Crippen LogP contribution in [0.15, 0.2) is 24.3 Å². The Morgan fingerprint density at radius 2 is 2.10 bits per heavy atom. The van der Waals surface area contributed by atoms with Crippen LogP contribution < -0.4 is 16.2 Å². The molecule has 1 aliphatic heterocycles. The molecule has 5 heteroatoms. The van der Waals surface area contributed by atoms with Crippen molar-refractivity contribution < 1.29 is 9.53 Å². The van der Waals surface area contributed by atoms with Gasteiger partial charge in [0.25, 0.3) is 0 Å². The Kier molecular flexibility index (Phi) is 5.38. The summed E-state index contributed by atoms with van der Waals surface area (Å²) in [5.41, 5.74) is 12.0. The van der Waals surface area contributed by atoms with Crippen molar-refractivity contribution in [3.05, 3.63) is 29.8 Å². The number of carbonyl (C=O) groups is 1. The minimum atomic E-state index is -0.208. The summed E-state index contributed by atoms with van der Waals surface area (Å²) in [6, 6.07) is 7.73. The molecule has 1 aromatic carbocycles. The molecule has 1 aliphatic rings. The average molecular weight is 277 g/mol. The van der Waals surface area contributed by atoms with Crippen LogP contribution in [0.4, 0.5) is 0 Å². The zero-order chi connectivity index (χ0) is 14.4. The van der Waals surface area contributed by atoms with Crippen molar-refractivity contribution in [3.8, 4) is 5.75 Å². The summed E-state index contributed by atoms with van der Waals surface area (Å²) in [6.07, 6.45) is 2.83. The molecule has 1 atom stereocenters. The van der Waals surface area contributed by atoms with Crippen LogP contribution >= 0.6 is 0 Å². The minimum absolute atomic E-state index is 0.0844. The Bertz CT molecular complexity index is 433. The highest BCUT2D eigenvalue weighted by Crippen LogP contribution is 2.17. The molecule has 1 fully saturated rings. The van der Waals surface area contributed by atoms with E-state index in [1.165, 1.54) is 0 Å². The molecule has 4 N–H and O–H groups in total. The van der Waals surface area contributed by atoms with Gasteiger partial charge in [0.2, 0.25) is 5.91 Å². The van der Waals surface area contributed by atoms with E-state index >= 15 is 0 Å². The van der Waals surface area contributed by atoms with Gasteiger partial charge in [-0.25, -0.2) is 0 Å². The van der Waals surface area contributed by atoms with E-state index in [-0.39, 0.29) is 11.9 Å². The van der Waals surface area contributed by atoms with Gasteiger partial charge in [-0.05, 0) is 43.5 Å². The molecule has 1 amide bonds. The minimum Gasteiger partial charge on any atom is -0.494 e. The van der Waals surface area contributed by atoms with Crippen LogP contribution in [0.1, 0.15) is 24.8 Å². The first-order chi connectivity index (χ1) is 9.70. The second-order valence-electron chi connectivity index (χ2n) is 5.15. The number of benzene rings is 1. The lowest BCUT2D eigenvalue weighted by atomic mass is 10.2. The molecular weight excluding hydrogens is 254 g/mol. The van der Waals surface area contributed by atoms with Crippen molar-refractivity contribution in [2.24, 2.45) is 11.5 Å². The first-order valence-corrected chi connectivity index (χ1v) is 7.16. The predicted octanol–water partition coefficient (Wildman–Crippen LogP) is 0.864. The maximum absolute atomic E-state index is 11.3. The van der Waals surface area contributed by atoms with Gasteiger partial charge >= 0.3 is 0 Å². The lowest BCUT2D eigenvalue weighted by Crippen LogP contribution is -2.40. The Hall–Kier alpha value is -1.59. The van der Waals surface area contributed by atoms with Gasteiger partial charge in [-0.3, -0.25) is 9.69 Å². The van der Waals surface area contributed by atoms with Crippen LogP contribution in [-0.2, 0) is 11.3 Å². The summed E-state index contributed by atoms with van der Waals surface area (Å²) in [6.45, 7) is 3.00. The molecule has 1 heterocycles. The topological polar surface area (TPSA) is 81.6 Å². The van der Waals surface area contributed by atoms with Crippen LogP contribution in [0, 0.1) is 0 Å². The summed E-state index contributed by atoms with van der Waals surface area (Å²) in [5.74, 6) is 0.649. The molecule has 0 spiro atoms. The van der Waals surface area contributed by atoms with E-state index in [1.807, 2.05) is 24.3 Å². The zero-order valence-corrected chi connectivity index (χ0v) is 11.8. The van der Waals surface area contributed by atoms with Gasteiger partial charge in [0.05, 0.1) is 12.6 Å². The number of rotatable bonds is 7. The second-order valence-corrected chi connectivity index (χ2v) is 5.15. The van der Waals surface area contributed by atoms with Crippen molar-refractivity contribution in [2.75, 3.05) is 19.7 Å². The fourth-order valence-electron chi connectivity index (χ4n) is 2.60. The SMILES string of the molecule is NCc1ccc(OCCCN2CCCC2C(N)=O)cc1. The third kappa shape index (κ3) is 3.95. The Labute approximate surface area is 119 Å². The molecule has 2 rings (SSSR count). The van der Waals surface area contributed by atoms with E-state index in [4.69, 9.17) is 16.2 Å². The molecule has 1 saturated heterocycles. The number of hydrogen-bond donors (Lipinski definition) is 2. The van der Waals surface area contributed by atoms with E-state index in [1.54, 1.807) is 0 Å². The van der Waals surface area contributed by atoms with Gasteiger partial charge in [0.15, 0.2) is 0 Å². The monoisotopic (exact) mass is 277 g/mol. The summed E-state index contributed by atoms with van der Waals surface area (Å²) in [4.78, 5) is 13.4. The number of carbonyl (C=O) groups excluding carboxylic acids is 1. The Balaban J connectivity index is 1.69. The molecular formula is C15H23N3O2. The first kappa shape index (κ1) is 14.8. The van der Waals surface area contributed by atoms with Crippen LogP contribution in [0.5, 0.6) is 5.75 Å². The molecule has 20 heavy (non-hydrogen) atoms. The number of hydrogen-bond acceptors (Lipinski definition) is 4. The average Bonchev–Trinajstić information content (AvgIpc) is 2.93. The lowest BCUT2D eigenvalue weighted by Gasteiger charge is -2.21. The van der Waals surface area contributed by atoms with Crippen LogP contribution in [-0.4, -0.2) is 36.5 Å². The molecule has 0 aromatic heterocycles. The molecule has 0 aliphatic carbocycles. The Morgan fingerprint density at radius 3 is 2.75 bits per heavy atom. The van der Waals surface area contributed by atoms with E-state index in [0.29, 0.717) is 13.2 Å². The zero-order valence-electron chi connectivity index (χ0n) is 11.8. The number of nitrogens with zero attached hydrogens (tertiary/aromatic N) is 1. The molecule has 5 nitrogen and oxygen atoms in total. The summed E-state index contributed by atoms with van der Waals surface area (Å²) in [5, 5.41) is 0. The van der Waals surface area contributed by atoms with Crippen molar-refractivity contribution in [1.29, 1.82) is 0 Å². The normalized spacial score (nSPS) is 19.1. The van der Waals surface area contributed by atoms with Crippen molar-refractivity contribution in [3.63, 3.8) is 0 Å². The fraction of sp³-hybridized carbons (Fsp3) is 0.533. The number of nitrogens with two attached hydrogens (primary N) is 2. The maximum Gasteiger partial charge on any atom is 0.234 e. The molecule has 110 valence electrons. The highest BCUT2D eigenvalue weighted by atomic mass is 16.5. The van der Waals surface area contributed by atoms with E-state index < -0.39 is 0 Å². The summed E-state index contributed by atoms with van der Waals surface area (Å²) >= 11 is 0. The van der Waals surface area contributed by atoms with Gasteiger partial charge in [-0.1, -0.05) is 12.1 Å². The maximum atomic E-state index is 11.3. The quantitative estimate of drug-likeness (QED) is 0.724. The van der Waals surface area contributed by atoms with E-state index in [2.05, 4.69) is 4.90 Å². The molecule has 1 aromatic rings. The second kappa shape index (κ2) is 7.26. The number of amides is 1. The first-order valence-electron chi connectivity index (χ1n) is 7.16. The van der Waals surface area contributed by atoms with Gasteiger partial charge in [-0.15, -0.1) is 0 Å². The van der Waals surface area contributed by atoms with Crippen LogP contribution in [0.2, 0.25) is 0 Å². The highest BCUT2D eigenvalue weighted by molar-refractivity contribution is 5.80. The molecule has 0 bridgehead atoms. The third-order valence-corrected chi connectivity index (χ3v) is 3.71. The highest BCUT2D eigenvalue weighted by Gasteiger charge is 2.28. The molecule has 1 unspecified atom stereocenters. The smallest absolute Gasteiger partial charge is 0.234 e. The third-order valence-electron chi connectivity index (χ3n) is 3.71. The van der Waals surface area contributed by atoms with E-state index in [0.717, 1.165) is 43.7 Å². The number of primary amides is 1. The summed E-state index contributed by atoms with van der Waals surface area (Å²) in [7, 11) is 0. The standard InChI is InChI=1S/C15H23N3O2/c16-11-12-4-6-13(7-5-12)20-10-2-9-18-8-1-3-14(18)15(17)19/h4-7,14H,1-3,8-11,16H2,(H2,17,19). The molecule has 0 saturated carbocycles. The van der Waals surface area contributed by atoms with Crippen LogP contribution in [0.3, 0.4) is 0 Å². The van der Waals surface area contributed by atoms with Crippen molar-refractivity contribution in [1.82, 2.24) is 4.90 Å². The fourth-order valence-corrected chi connectivity index (χ4v) is 2.60. The van der Waals surface area contributed by atoms with Gasteiger partial charge < -0.3 is 16.2 Å². The van der Waals surface area contributed by atoms with Crippen molar-refractivity contribution in [2.45, 2.75) is 31.8 Å².